The Morgan fingerprint density at radius 3 is 2.63 bits per heavy atom. The first-order valence-electron chi connectivity index (χ1n) is 8.76. The van der Waals surface area contributed by atoms with Crippen LogP contribution in [-0.4, -0.2) is 48.8 Å². The Balaban J connectivity index is 1.54. The number of halogens is 1. The summed E-state index contributed by atoms with van der Waals surface area (Å²) in [6, 6.07) is 11.3. The molecule has 27 heavy (non-hydrogen) atoms. The molecule has 142 valence electrons. The summed E-state index contributed by atoms with van der Waals surface area (Å²) < 4.78 is 29.2. The van der Waals surface area contributed by atoms with Crippen LogP contribution in [0.25, 0.3) is 10.1 Å². The number of rotatable bonds is 4. The molecule has 0 atom stereocenters. The number of hydrogen-bond acceptors (Lipinski definition) is 5. The molecule has 5 nitrogen and oxygen atoms in total. The molecule has 1 saturated heterocycles. The molecule has 1 fully saturated rings. The highest BCUT2D eigenvalue weighted by Gasteiger charge is 2.32. The van der Waals surface area contributed by atoms with Crippen molar-refractivity contribution in [3.63, 3.8) is 0 Å². The maximum Gasteiger partial charge on any atom is 0.244 e. The van der Waals surface area contributed by atoms with Crippen molar-refractivity contribution in [3.05, 3.63) is 58.2 Å². The lowest BCUT2D eigenvalue weighted by atomic mass is 10.2. The Hall–Kier alpha value is -1.51. The molecule has 0 unspecified atom stereocenters. The second-order valence-electron chi connectivity index (χ2n) is 6.63. The van der Waals surface area contributed by atoms with Gasteiger partial charge in [0.2, 0.25) is 10.0 Å². The summed E-state index contributed by atoms with van der Waals surface area (Å²) in [5, 5.41) is 1.28. The predicted octanol–water partition coefficient (Wildman–Crippen LogP) is 3.76. The van der Waals surface area contributed by atoms with Crippen molar-refractivity contribution in [2.75, 3.05) is 26.2 Å². The Labute approximate surface area is 168 Å². The van der Waals surface area contributed by atoms with E-state index < -0.39 is 10.0 Å². The number of pyridine rings is 1. The van der Waals surface area contributed by atoms with Gasteiger partial charge in [0.15, 0.2) is 0 Å². The van der Waals surface area contributed by atoms with E-state index in [1.54, 1.807) is 22.6 Å². The van der Waals surface area contributed by atoms with Gasteiger partial charge in [0.25, 0.3) is 0 Å². The van der Waals surface area contributed by atoms with Gasteiger partial charge in [-0.05, 0) is 37.3 Å². The van der Waals surface area contributed by atoms with E-state index in [-0.39, 0.29) is 0 Å². The number of benzene rings is 1. The van der Waals surface area contributed by atoms with Gasteiger partial charge >= 0.3 is 0 Å². The molecule has 3 heterocycles. The largest absolute Gasteiger partial charge is 0.295 e. The highest BCUT2D eigenvalue weighted by molar-refractivity contribution is 7.89. The minimum Gasteiger partial charge on any atom is -0.295 e. The fourth-order valence-corrected chi connectivity index (χ4v) is 6.80. The van der Waals surface area contributed by atoms with Crippen molar-refractivity contribution >= 4 is 43.0 Å². The molecule has 1 aliphatic heterocycles. The smallest absolute Gasteiger partial charge is 0.244 e. The molecule has 0 N–H and O–H groups in total. The molecule has 1 aliphatic rings. The quantitative estimate of drug-likeness (QED) is 0.643. The zero-order chi connectivity index (χ0) is 19.0. The average molecular weight is 422 g/mol. The standard InChI is InChI=1S/C19H20ClN3O2S2/c1-14-19(17-12-15(20)5-6-18(17)26-14)27(24,25)23-10-8-22(9-11-23)13-16-4-2-3-7-21-16/h2-7,12H,8-11,13H2,1H3. The summed E-state index contributed by atoms with van der Waals surface area (Å²) in [5.74, 6) is 0. The van der Waals surface area contributed by atoms with Crippen LogP contribution in [0.5, 0.6) is 0 Å². The van der Waals surface area contributed by atoms with Crippen molar-refractivity contribution in [1.29, 1.82) is 0 Å². The van der Waals surface area contributed by atoms with E-state index in [9.17, 15) is 8.42 Å². The van der Waals surface area contributed by atoms with E-state index in [2.05, 4.69) is 9.88 Å². The van der Waals surface area contributed by atoms with Gasteiger partial charge < -0.3 is 0 Å². The summed E-state index contributed by atoms with van der Waals surface area (Å²) in [7, 11) is -3.55. The van der Waals surface area contributed by atoms with Crippen LogP contribution in [0.4, 0.5) is 0 Å². The fraction of sp³-hybridized carbons (Fsp3) is 0.316. The monoisotopic (exact) mass is 421 g/mol. The molecule has 0 bridgehead atoms. The van der Waals surface area contributed by atoms with Crippen LogP contribution in [0.2, 0.25) is 5.02 Å². The first-order chi connectivity index (χ1) is 12.9. The highest BCUT2D eigenvalue weighted by Crippen LogP contribution is 2.37. The number of aryl methyl sites for hydroxylation is 1. The van der Waals surface area contributed by atoms with Crippen LogP contribution in [0, 0.1) is 6.92 Å². The molecule has 3 aromatic rings. The maximum atomic E-state index is 13.3. The van der Waals surface area contributed by atoms with Crippen molar-refractivity contribution in [2.24, 2.45) is 0 Å². The van der Waals surface area contributed by atoms with Gasteiger partial charge in [-0.3, -0.25) is 9.88 Å². The number of hydrogen-bond donors (Lipinski definition) is 0. The topological polar surface area (TPSA) is 53.5 Å². The van der Waals surface area contributed by atoms with Crippen LogP contribution in [0.1, 0.15) is 10.6 Å². The van der Waals surface area contributed by atoms with Crippen LogP contribution in [0.15, 0.2) is 47.5 Å². The zero-order valence-corrected chi connectivity index (χ0v) is 17.3. The molecule has 4 rings (SSSR count). The lowest BCUT2D eigenvalue weighted by molar-refractivity contribution is 0.180. The van der Waals surface area contributed by atoms with Crippen LogP contribution in [-0.2, 0) is 16.6 Å². The van der Waals surface area contributed by atoms with Crippen molar-refractivity contribution < 1.29 is 8.42 Å². The summed E-state index contributed by atoms with van der Waals surface area (Å²) in [5.41, 5.74) is 1.00. The third kappa shape index (κ3) is 3.75. The third-order valence-electron chi connectivity index (χ3n) is 4.81. The number of nitrogens with zero attached hydrogens (tertiary/aromatic N) is 3. The van der Waals surface area contributed by atoms with Gasteiger partial charge in [-0.1, -0.05) is 17.7 Å². The van der Waals surface area contributed by atoms with E-state index in [0.717, 1.165) is 27.2 Å². The number of thiophene rings is 1. The Kier molecular flexibility index (Phi) is 5.22. The number of aromatic nitrogens is 1. The Bertz CT molecular complexity index is 1060. The van der Waals surface area contributed by atoms with Gasteiger partial charge in [0.1, 0.15) is 4.90 Å². The average Bonchev–Trinajstić information content (AvgIpc) is 2.98. The molecule has 2 aromatic heterocycles. The van der Waals surface area contributed by atoms with Crippen LogP contribution >= 0.6 is 22.9 Å². The summed E-state index contributed by atoms with van der Waals surface area (Å²) in [6.45, 7) is 4.95. The molecule has 0 aliphatic carbocycles. The van der Waals surface area contributed by atoms with Crippen LogP contribution in [0.3, 0.4) is 0 Å². The molecule has 0 saturated carbocycles. The Morgan fingerprint density at radius 1 is 1.15 bits per heavy atom. The zero-order valence-electron chi connectivity index (χ0n) is 14.9. The highest BCUT2D eigenvalue weighted by atomic mass is 35.5. The van der Waals surface area contributed by atoms with E-state index >= 15 is 0 Å². The van der Waals surface area contributed by atoms with Gasteiger partial charge in [-0.2, -0.15) is 4.31 Å². The van der Waals surface area contributed by atoms with E-state index in [0.29, 0.717) is 36.1 Å². The lowest BCUT2D eigenvalue weighted by Gasteiger charge is -2.33. The summed E-state index contributed by atoms with van der Waals surface area (Å²) in [6.07, 6.45) is 1.78. The molecule has 0 amide bonds. The molecule has 0 spiro atoms. The van der Waals surface area contributed by atoms with E-state index in [1.165, 1.54) is 11.3 Å². The van der Waals surface area contributed by atoms with Crippen molar-refractivity contribution in [3.8, 4) is 0 Å². The van der Waals surface area contributed by atoms with Gasteiger partial charge in [-0.15, -0.1) is 11.3 Å². The number of sulfonamides is 1. The fourth-order valence-electron chi connectivity index (χ4n) is 3.47. The SMILES string of the molecule is Cc1sc2ccc(Cl)cc2c1S(=O)(=O)N1CCN(Cc2ccccn2)CC1. The van der Waals surface area contributed by atoms with Gasteiger partial charge in [-0.25, -0.2) is 8.42 Å². The molecule has 1 aromatic carbocycles. The van der Waals surface area contributed by atoms with Gasteiger partial charge in [0.05, 0.1) is 5.69 Å². The number of piperazine rings is 1. The Morgan fingerprint density at radius 2 is 1.93 bits per heavy atom. The summed E-state index contributed by atoms with van der Waals surface area (Å²) >= 11 is 7.61. The molecule has 0 radical (unpaired) electrons. The van der Waals surface area contributed by atoms with E-state index in [1.807, 2.05) is 31.2 Å². The minimum absolute atomic E-state index is 0.406. The summed E-state index contributed by atoms with van der Waals surface area (Å²) in [4.78, 5) is 7.80. The normalized spacial score (nSPS) is 16.8. The minimum atomic E-state index is -3.55. The van der Waals surface area contributed by atoms with Crippen molar-refractivity contribution in [1.82, 2.24) is 14.2 Å². The van der Waals surface area contributed by atoms with Crippen LogP contribution < -0.4 is 0 Å². The third-order valence-corrected chi connectivity index (χ3v) is 8.35. The first-order valence-corrected chi connectivity index (χ1v) is 11.4. The second-order valence-corrected chi connectivity index (χ2v) is 10.2. The lowest BCUT2D eigenvalue weighted by Crippen LogP contribution is -2.48. The molecular formula is C19H20ClN3O2S2. The molecular weight excluding hydrogens is 402 g/mol. The second kappa shape index (κ2) is 7.48. The first kappa shape index (κ1) is 18.8. The molecule has 8 heteroatoms. The number of fused-ring (bicyclic) bond motifs is 1. The van der Waals surface area contributed by atoms with E-state index in [4.69, 9.17) is 11.6 Å². The predicted molar refractivity (Wildman–Crippen MR) is 110 cm³/mol. The van der Waals surface area contributed by atoms with Gasteiger partial charge in [0, 0.05) is 58.9 Å². The maximum absolute atomic E-state index is 13.3. The van der Waals surface area contributed by atoms with Crippen molar-refractivity contribution in [2.45, 2.75) is 18.4 Å².